The monoisotopic (exact) mass is 1160 g/mol. The van der Waals surface area contributed by atoms with Crippen LogP contribution in [0.15, 0.2) is 188 Å². The van der Waals surface area contributed by atoms with Gasteiger partial charge in [0.25, 0.3) is 0 Å². The number of rotatable bonds is 8. The number of aromatic hydroxyl groups is 1. The second-order valence-electron chi connectivity index (χ2n) is 23.7. The minimum Gasteiger partial charge on any atom is -0.507 e. The first-order chi connectivity index (χ1) is 35.3. The summed E-state index contributed by atoms with van der Waals surface area (Å²) >= 11 is 0. The van der Waals surface area contributed by atoms with E-state index >= 15 is 0 Å². The van der Waals surface area contributed by atoms with Crippen molar-refractivity contribution in [3.05, 3.63) is 222 Å². The van der Waals surface area contributed by atoms with Crippen molar-refractivity contribution >= 4 is 32.8 Å². The van der Waals surface area contributed by atoms with Gasteiger partial charge < -0.3 is 9.67 Å². The van der Waals surface area contributed by atoms with E-state index in [2.05, 4.69) is 273 Å². The molecule has 0 spiro atoms. The van der Waals surface area contributed by atoms with Crippen molar-refractivity contribution in [3.8, 4) is 62.0 Å². The number of phenols is 1. The van der Waals surface area contributed by atoms with E-state index in [1.807, 2.05) is 6.20 Å². The molecule has 0 amide bonds. The van der Waals surface area contributed by atoms with E-state index in [0.717, 1.165) is 94.4 Å². The maximum atomic E-state index is 12.7. The fourth-order valence-electron chi connectivity index (χ4n) is 10.7. The van der Waals surface area contributed by atoms with Crippen LogP contribution in [0, 0.1) is 6.07 Å². The quantitative estimate of drug-likeness (QED) is 0.154. The summed E-state index contributed by atoms with van der Waals surface area (Å²) < 4.78 is 4.59. The van der Waals surface area contributed by atoms with Gasteiger partial charge in [-0.3, -0.25) is 9.55 Å². The van der Waals surface area contributed by atoms with Gasteiger partial charge in [0.2, 0.25) is 0 Å². The van der Waals surface area contributed by atoms with Gasteiger partial charge in [0.05, 0.1) is 33.3 Å². The summed E-state index contributed by atoms with van der Waals surface area (Å²) in [5.41, 5.74) is 17.0. The number of nitrogens with zero attached hydrogens (tertiary/aromatic N) is 4. The molecule has 0 unspecified atom stereocenters. The van der Waals surface area contributed by atoms with Crippen LogP contribution in [0.1, 0.15) is 104 Å². The Bertz CT molecular complexity index is 3920. The number of aromatic nitrogens is 4. The maximum Gasteiger partial charge on any atom is 0.148 e. The number of fused-ring (bicyclic) bond motifs is 4. The summed E-state index contributed by atoms with van der Waals surface area (Å²) in [6, 6.07) is 69.0. The normalized spacial score (nSPS) is 12.4. The van der Waals surface area contributed by atoms with Gasteiger partial charge in [0, 0.05) is 66.0 Å². The van der Waals surface area contributed by atoms with Crippen molar-refractivity contribution in [2.75, 3.05) is 0 Å². The molecule has 0 aliphatic carbocycles. The Kier molecular flexibility index (Phi) is 13.0. The molecule has 75 heavy (non-hydrogen) atoms. The average molecular weight is 1160 g/mol. The molecule has 3 aromatic heterocycles. The summed E-state index contributed by atoms with van der Waals surface area (Å²) in [5.74, 6) is 0.914. The van der Waals surface area contributed by atoms with Gasteiger partial charge >= 0.3 is 0 Å². The molecule has 0 atom stereocenters. The predicted molar refractivity (Wildman–Crippen MR) is 310 cm³/mol. The third-order valence-corrected chi connectivity index (χ3v) is 15.1. The fourth-order valence-corrected chi connectivity index (χ4v) is 10.7. The second kappa shape index (κ2) is 19.1. The van der Waals surface area contributed by atoms with Crippen LogP contribution in [0.2, 0.25) is 0 Å². The third kappa shape index (κ3) is 9.24. The molecule has 3 heterocycles. The van der Waals surface area contributed by atoms with Crippen LogP contribution in [0.5, 0.6) is 5.75 Å². The number of hydrogen-bond acceptors (Lipinski definition) is 3. The van der Waals surface area contributed by atoms with Crippen LogP contribution >= 0.6 is 0 Å². The van der Waals surface area contributed by atoms with Gasteiger partial charge in [-0.1, -0.05) is 215 Å². The average Bonchev–Trinajstić information content (AvgIpc) is 3.95. The molecular weight excluding hydrogens is 1100 g/mol. The summed E-state index contributed by atoms with van der Waals surface area (Å²) in [6.45, 7) is 24.6. The van der Waals surface area contributed by atoms with Crippen LogP contribution in [0.3, 0.4) is 0 Å². The number of hydrogen-bond donors (Lipinski definition) is 1. The van der Waals surface area contributed by atoms with Gasteiger partial charge in [-0.05, 0) is 81.0 Å². The van der Waals surface area contributed by atoms with E-state index in [0.29, 0.717) is 11.4 Å². The Morgan fingerprint density at radius 1 is 0.453 bits per heavy atom. The molecule has 0 aliphatic heterocycles. The van der Waals surface area contributed by atoms with E-state index in [-0.39, 0.29) is 43.1 Å². The number of phenolic OH excluding ortho intramolecular Hbond substituents is 1. The first-order valence-corrected chi connectivity index (χ1v) is 26.0. The Labute approximate surface area is 457 Å². The van der Waals surface area contributed by atoms with E-state index in [9.17, 15) is 5.11 Å². The van der Waals surface area contributed by atoms with Crippen LogP contribution in [0.25, 0.3) is 89.1 Å². The first-order valence-electron chi connectivity index (χ1n) is 26.0. The van der Waals surface area contributed by atoms with Gasteiger partial charge in [0.1, 0.15) is 11.6 Å². The van der Waals surface area contributed by atoms with E-state index in [1.54, 1.807) is 0 Å². The van der Waals surface area contributed by atoms with Gasteiger partial charge in [0.15, 0.2) is 0 Å². The first kappa shape index (κ1) is 51.2. The molecule has 5 nitrogen and oxygen atoms in total. The molecule has 0 fully saturated rings. The zero-order chi connectivity index (χ0) is 51.9. The molecule has 378 valence electrons. The van der Waals surface area contributed by atoms with Crippen LogP contribution in [-0.4, -0.2) is 24.2 Å². The Morgan fingerprint density at radius 2 is 1.07 bits per heavy atom. The molecule has 8 aromatic carbocycles. The topological polar surface area (TPSA) is 55.9 Å². The molecular formula is C69H65N4OPt-. The van der Waals surface area contributed by atoms with Crippen molar-refractivity contribution in [2.45, 2.75) is 97.8 Å². The molecule has 6 heteroatoms. The van der Waals surface area contributed by atoms with Gasteiger partial charge in [-0.2, -0.15) is 0 Å². The molecule has 0 bridgehead atoms. The van der Waals surface area contributed by atoms with Crippen molar-refractivity contribution < 1.29 is 26.2 Å². The third-order valence-electron chi connectivity index (χ3n) is 15.1. The molecule has 0 radical (unpaired) electrons. The van der Waals surface area contributed by atoms with Gasteiger partial charge in [-0.15, -0.1) is 29.3 Å². The Morgan fingerprint density at radius 3 is 1.75 bits per heavy atom. The van der Waals surface area contributed by atoms with E-state index < -0.39 is 5.41 Å². The van der Waals surface area contributed by atoms with E-state index in [1.165, 1.54) is 11.1 Å². The number of benzene rings is 8. The standard InChI is InChI=1S/C69H65N4O.Pt/c1-66(2,3)48-34-35-60(54(39-48)44-24-15-12-16-25-44)73-61-33-23-31-52(63(61)71-65(73)56-40-49(67(4,5)6)41-57(64(56)74)68(7,8)9)45-36-46(38-50(37-45)69(10,11)47-26-17-13-18-27-47)58-42-55-53-30-21-22-32-59(53)72(62(55)43-70-58)51-28-19-14-20-29-51;/h12-35,37-43,74H,1-11H3;/q-1;. The minimum absolute atomic E-state index is 0. The van der Waals surface area contributed by atoms with Crippen LogP contribution < -0.4 is 0 Å². The Balaban J connectivity index is 0.00000641. The van der Waals surface area contributed by atoms with Crippen molar-refractivity contribution in [3.63, 3.8) is 0 Å². The second-order valence-corrected chi connectivity index (χ2v) is 23.7. The molecule has 1 N–H and O–H groups in total. The zero-order valence-electron chi connectivity index (χ0n) is 45.0. The van der Waals surface area contributed by atoms with Crippen LogP contribution in [0.4, 0.5) is 0 Å². The summed E-state index contributed by atoms with van der Waals surface area (Å²) in [4.78, 5) is 11.1. The molecule has 0 saturated carbocycles. The largest absolute Gasteiger partial charge is 0.507 e. The fraction of sp³-hybridized carbons (Fsp3) is 0.217. The maximum absolute atomic E-state index is 12.7. The molecule has 0 saturated heterocycles. The number of para-hydroxylation sites is 3. The molecule has 11 aromatic rings. The summed E-state index contributed by atoms with van der Waals surface area (Å²) in [5, 5.41) is 15.0. The van der Waals surface area contributed by atoms with Gasteiger partial charge in [-0.25, -0.2) is 4.98 Å². The van der Waals surface area contributed by atoms with E-state index in [4.69, 9.17) is 9.97 Å². The van der Waals surface area contributed by atoms with Crippen molar-refractivity contribution in [1.82, 2.24) is 19.1 Å². The van der Waals surface area contributed by atoms with Crippen LogP contribution in [-0.2, 0) is 42.7 Å². The van der Waals surface area contributed by atoms with Crippen molar-refractivity contribution in [1.29, 1.82) is 0 Å². The molecule has 0 aliphatic rings. The SMILES string of the molecule is CC(C)(C)c1ccc(-n2c(-c3cc(C(C)(C)C)cc(C(C)(C)C)c3O)nc3c(-c4[c-]c(-c5cc6c7ccccc7n(-c7ccccc7)c6cn5)cc(C(C)(C)c5ccccc5)c4)cccc32)c(-c2ccccc2)c1.[Pt]. The van der Waals surface area contributed by atoms with Crippen molar-refractivity contribution in [2.24, 2.45) is 0 Å². The molecule has 11 rings (SSSR count). The Hall–Kier alpha value is -7.33. The minimum atomic E-state index is -0.395. The summed E-state index contributed by atoms with van der Waals surface area (Å²) in [7, 11) is 0. The number of pyridine rings is 1. The zero-order valence-corrected chi connectivity index (χ0v) is 47.2. The predicted octanol–water partition coefficient (Wildman–Crippen LogP) is 17.9. The number of imidazole rings is 1. The smallest absolute Gasteiger partial charge is 0.148 e. The summed E-state index contributed by atoms with van der Waals surface area (Å²) in [6.07, 6.45) is 2.02.